The van der Waals surface area contributed by atoms with E-state index in [1.165, 1.54) is 6.07 Å². The summed E-state index contributed by atoms with van der Waals surface area (Å²) in [6.45, 7) is 3.38. The molecule has 6 rings (SSSR count). The van der Waals surface area contributed by atoms with Crippen molar-refractivity contribution < 1.29 is 28.8 Å². The highest BCUT2D eigenvalue weighted by atomic mass is 19.1. The average molecular weight is 500 g/mol. The predicted octanol–water partition coefficient (Wildman–Crippen LogP) is 1.84. The SMILES string of the molecule is CC[C@]1(O)c2cc3n(c(=O)c2COC1O)Cc1c-3nc2cc(F)c(C)cc2c1CN1CC(F)(CO)C1. The Morgan fingerprint density at radius 3 is 2.69 bits per heavy atom. The standard InChI is InChI=1S/C26H27F2N3O5/c1-3-26(35)18-5-21-22-16(8-31(21)23(33)17(18)9-36-24(26)34)15(7-30-10-25(28,11-30)12-32)14-4-13(2)19(27)6-20(14)29-22/h4-6,24,32,34-35H,3,7-12H2,1-2H3/t24?,26-/m0/s1. The number of rotatable bonds is 4. The summed E-state index contributed by atoms with van der Waals surface area (Å²) in [4.78, 5) is 20.1. The minimum Gasteiger partial charge on any atom is -0.393 e. The van der Waals surface area contributed by atoms with Crippen LogP contribution in [0.4, 0.5) is 8.78 Å². The van der Waals surface area contributed by atoms with Crippen LogP contribution in [-0.4, -0.2) is 61.4 Å². The molecule has 190 valence electrons. The highest BCUT2D eigenvalue weighted by molar-refractivity contribution is 5.88. The lowest BCUT2D eigenvalue weighted by Crippen LogP contribution is -2.60. The van der Waals surface area contributed by atoms with E-state index in [4.69, 9.17) is 9.72 Å². The van der Waals surface area contributed by atoms with Crippen molar-refractivity contribution in [2.45, 2.75) is 57.5 Å². The number of benzene rings is 1. The molecule has 5 heterocycles. The molecule has 36 heavy (non-hydrogen) atoms. The first kappa shape index (κ1) is 23.6. The van der Waals surface area contributed by atoms with Crippen LogP contribution in [0.2, 0.25) is 0 Å². The molecule has 10 heteroatoms. The second kappa shape index (κ2) is 7.87. The molecular weight excluding hydrogens is 472 g/mol. The van der Waals surface area contributed by atoms with E-state index < -0.39 is 30.0 Å². The van der Waals surface area contributed by atoms with Gasteiger partial charge in [-0.15, -0.1) is 0 Å². The van der Waals surface area contributed by atoms with Crippen molar-refractivity contribution >= 4 is 10.9 Å². The number of aryl methyl sites for hydroxylation is 1. The van der Waals surface area contributed by atoms with Gasteiger partial charge < -0.3 is 24.6 Å². The zero-order chi connectivity index (χ0) is 25.6. The van der Waals surface area contributed by atoms with E-state index in [0.29, 0.717) is 34.6 Å². The van der Waals surface area contributed by atoms with E-state index in [1.807, 2.05) is 4.90 Å². The molecule has 3 aromatic rings. The van der Waals surface area contributed by atoms with Crippen LogP contribution in [0.15, 0.2) is 23.0 Å². The van der Waals surface area contributed by atoms with E-state index >= 15 is 0 Å². The van der Waals surface area contributed by atoms with Gasteiger partial charge in [0.2, 0.25) is 0 Å². The number of likely N-dealkylation sites (tertiary alicyclic amines) is 1. The second-order valence-electron chi connectivity index (χ2n) is 10.2. The van der Waals surface area contributed by atoms with Gasteiger partial charge in [-0.3, -0.25) is 9.69 Å². The first-order valence-electron chi connectivity index (χ1n) is 12.0. The Labute approximate surface area is 205 Å². The number of aromatic nitrogens is 2. The van der Waals surface area contributed by atoms with E-state index in [9.17, 15) is 28.9 Å². The van der Waals surface area contributed by atoms with Crippen molar-refractivity contribution in [1.29, 1.82) is 0 Å². The van der Waals surface area contributed by atoms with Crippen LogP contribution in [0, 0.1) is 12.7 Å². The number of pyridine rings is 2. The normalized spacial score (nSPS) is 24.4. The number of aliphatic hydroxyl groups is 3. The molecule has 1 saturated heterocycles. The van der Waals surface area contributed by atoms with Gasteiger partial charge in [0.1, 0.15) is 11.4 Å². The summed E-state index contributed by atoms with van der Waals surface area (Å²) in [5, 5.41) is 31.6. The van der Waals surface area contributed by atoms with Crippen LogP contribution in [0.5, 0.6) is 0 Å². The summed E-state index contributed by atoms with van der Waals surface area (Å²) in [5.74, 6) is -0.408. The molecule has 2 aromatic heterocycles. The molecule has 2 atom stereocenters. The van der Waals surface area contributed by atoms with Gasteiger partial charge in [-0.1, -0.05) is 6.92 Å². The maximum atomic E-state index is 14.5. The molecule has 0 radical (unpaired) electrons. The molecule has 0 saturated carbocycles. The highest BCUT2D eigenvalue weighted by Crippen LogP contribution is 2.42. The third-order valence-corrected chi connectivity index (χ3v) is 7.92. The number of hydrogen-bond acceptors (Lipinski definition) is 7. The minimum atomic E-state index is -1.75. The number of ether oxygens (including phenoxy) is 1. The Balaban J connectivity index is 1.56. The van der Waals surface area contributed by atoms with Gasteiger partial charge in [-0.25, -0.2) is 13.8 Å². The second-order valence-corrected chi connectivity index (χ2v) is 10.2. The van der Waals surface area contributed by atoms with Gasteiger partial charge >= 0.3 is 0 Å². The lowest BCUT2D eigenvalue weighted by atomic mass is 9.85. The molecule has 1 unspecified atom stereocenters. The molecule has 8 nitrogen and oxygen atoms in total. The number of nitrogens with zero attached hydrogens (tertiary/aromatic N) is 3. The molecule has 0 bridgehead atoms. The third-order valence-electron chi connectivity index (χ3n) is 7.92. The Hall–Kier alpha value is -2.76. The van der Waals surface area contributed by atoms with E-state index in [2.05, 4.69) is 0 Å². The smallest absolute Gasteiger partial charge is 0.257 e. The average Bonchev–Trinajstić information content (AvgIpc) is 3.20. The molecular formula is C26H27F2N3O5. The third kappa shape index (κ3) is 3.22. The fourth-order valence-electron chi connectivity index (χ4n) is 5.78. The first-order chi connectivity index (χ1) is 17.1. The largest absolute Gasteiger partial charge is 0.393 e. The Morgan fingerprint density at radius 1 is 1.25 bits per heavy atom. The van der Waals surface area contributed by atoms with Crippen LogP contribution >= 0.6 is 0 Å². The number of fused-ring (bicyclic) bond motifs is 5. The molecule has 1 aromatic carbocycles. The zero-order valence-corrected chi connectivity index (χ0v) is 20.0. The predicted molar refractivity (Wildman–Crippen MR) is 126 cm³/mol. The summed E-state index contributed by atoms with van der Waals surface area (Å²) < 4.78 is 35.8. The fraction of sp³-hybridized carbons (Fsp3) is 0.462. The summed E-state index contributed by atoms with van der Waals surface area (Å²) in [6.07, 6.45) is -1.35. The number of alkyl halides is 1. The van der Waals surface area contributed by atoms with Gasteiger partial charge in [-0.2, -0.15) is 0 Å². The molecule has 3 aliphatic heterocycles. The first-order valence-corrected chi connectivity index (χ1v) is 12.0. The summed E-state index contributed by atoms with van der Waals surface area (Å²) in [7, 11) is 0. The lowest BCUT2D eigenvalue weighted by Gasteiger charge is -2.43. The van der Waals surface area contributed by atoms with Crippen LogP contribution in [0.3, 0.4) is 0 Å². The Bertz CT molecular complexity index is 1480. The Morgan fingerprint density at radius 2 is 2.00 bits per heavy atom. The van der Waals surface area contributed by atoms with E-state index in [1.54, 1.807) is 30.5 Å². The molecule has 0 aliphatic carbocycles. The number of hydrogen-bond donors (Lipinski definition) is 3. The summed E-state index contributed by atoms with van der Waals surface area (Å²) in [5.41, 5.74) is 0.270. The van der Waals surface area contributed by atoms with E-state index in [0.717, 1.165) is 16.5 Å². The van der Waals surface area contributed by atoms with Crippen molar-refractivity contribution in [3.63, 3.8) is 0 Å². The van der Waals surface area contributed by atoms with Crippen LogP contribution < -0.4 is 5.56 Å². The van der Waals surface area contributed by atoms with Gasteiger partial charge in [0.05, 0.1) is 36.7 Å². The number of halogens is 2. The van der Waals surface area contributed by atoms with Gasteiger partial charge in [-0.05, 0) is 36.6 Å². The minimum absolute atomic E-state index is 0.0716. The molecule has 0 amide bonds. The van der Waals surface area contributed by atoms with Gasteiger partial charge in [0.15, 0.2) is 12.0 Å². The van der Waals surface area contributed by atoms with Crippen molar-refractivity contribution in [2.24, 2.45) is 0 Å². The Kier molecular flexibility index (Phi) is 5.16. The number of aliphatic hydroxyl groups excluding tert-OH is 2. The fourth-order valence-corrected chi connectivity index (χ4v) is 5.78. The van der Waals surface area contributed by atoms with Crippen LogP contribution in [0.25, 0.3) is 22.3 Å². The quantitative estimate of drug-likeness (QED) is 0.393. The maximum Gasteiger partial charge on any atom is 0.257 e. The zero-order valence-electron chi connectivity index (χ0n) is 20.0. The van der Waals surface area contributed by atoms with Crippen molar-refractivity contribution in [3.8, 4) is 11.4 Å². The molecule has 3 aliphatic rings. The molecule has 0 spiro atoms. The van der Waals surface area contributed by atoms with Crippen LogP contribution in [0.1, 0.15) is 41.2 Å². The highest BCUT2D eigenvalue weighted by Gasteiger charge is 2.45. The lowest BCUT2D eigenvalue weighted by molar-refractivity contribution is -0.236. The molecule has 1 fully saturated rings. The van der Waals surface area contributed by atoms with Crippen molar-refractivity contribution in [1.82, 2.24) is 14.5 Å². The van der Waals surface area contributed by atoms with Crippen LogP contribution in [-0.2, 0) is 30.0 Å². The molecule has 3 N–H and O–H groups in total. The van der Waals surface area contributed by atoms with E-state index in [-0.39, 0.29) is 43.8 Å². The monoisotopic (exact) mass is 499 g/mol. The van der Waals surface area contributed by atoms with Crippen molar-refractivity contribution in [2.75, 3.05) is 19.7 Å². The summed E-state index contributed by atoms with van der Waals surface area (Å²) in [6, 6.07) is 4.75. The van der Waals surface area contributed by atoms with Gasteiger partial charge in [0.25, 0.3) is 5.56 Å². The van der Waals surface area contributed by atoms with Gasteiger partial charge in [0, 0.05) is 47.8 Å². The van der Waals surface area contributed by atoms with Crippen molar-refractivity contribution in [3.05, 3.63) is 62.2 Å². The maximum absolute atomic E-state index is 14.5. The summed E-state index contributed by atoms with van der Waals surface area (Å²) >= 11 is 0. The topological polar surface area (TPSA) is 108 Å².